The first-order chi connectivity index (χ1) is 12.3. The molecule has 0 aliphatic carbocycles. The van der Waals surface area contributed by atoms with Gasteiger partial charge in [-0.25, -0.2) is 4.79 Å². The topological polar surface area (TPSA) is 84.1 Å². The van der Waals surface area contributed by atoms with Gasteiger partial charge >= 0.3 is 12.1 Å². The van der Waals surface area contributed by atoms with Gasteiger partial charge in [-0.15, -0.1) is 13.2 Å². The van der Waals surface area contributed by atoms with E-state index in [-0.39, 0.29) is 17.8 Å². The number of halogens is 3. The minimum atomic E-state index is -4.84. The molecule has 0 saturated heterocycles. The van der Waals surface area contributed by atoms with E-state index in [1.165, 1.54) is 18.2 Å². The number of alkyl halides is 3. The van der Waals surface area contributed by atoms with Crippen molar-refractivity contribution in [2.45, 2.75) is 12.9 Å². The number of nitrogens with zero attached hydrogens (tertiary/aromatic N) is 1. The fraction of sp³-hybridized carbons (Fsp3) is 0.118. The standard InChI is InChI=1S/C17H12F3N3O3/c18-17(19,20)26-13-8-4-1-5-10(13)9-21-15(24)14-11-6-2-3-7-12(11)22-16(25)23-14/h1-8H,9H2,(H,21,24)(H,22,23,25). The molecule has 0 atom stereocenters. The fourth-order valence-corrected chi connectivity index (χ4v) is 2.41. The third kappa shape index (κ3) is 4.00. The molecule has 0 bridgehead atoms. The first-order valence-corrected chi connectivity index (χ1v) is 7.44. The number of benzene rings is 2. The summed E-state index contributed by atoms with van der Waals surface area (Å²) < 4.78 is 41.3. The van der Waals surface area contributed by atoms with Gasteiger partial charge in [0.1, 0.15) is 11.4 Å². The number of aromatic nitrogens is 2. The van der Waals surface area contributed by atoms with Crippen LogP contribution in [0.25, 0.3) is 10.9 Å². The van der Waals surface area contributed by atoms with Crippen LogP contribution in [0.2, 0.25) is 0 Å². The Labute approximate surface area is 144 Å². The molecule has 0 aliphatic heterocycles. The van der Waals surface area contributed by atoms with Crippen molar-refractivity contribution in [2.75, 3.05) is 0 Å². The summed E-state index contributed by atoms with van der Waals surface area (Å²) in [6.07, 6.45) is -4.84. The van der Waals surface area contributed by atoms with Gasteiger partial charge in [0.25, 0.3) is 5.91 Å². The number of hydrogen-bond donors (Lipinski definition) is 2. The van der Waals surface area contributed by atoms with Gasteiger partial charge in [0.05, 0.1) is 5.52 Å². The van der Waals surface area contributed by atoms with Crippen molar-refractivity contribution in [3.8, 4) is 5.75 Å². The summed E-state index contributed by atoms with van der Waals surface area (Å²) in [7, 11) is 0. The summed E-state index contributed by atoms with van der Waals surface area (Å²) in [6.45, 7) is -0.228. The smallest absolute Gasteiger partial charge is 0.405 e. The van der Waals surface area contributed by atoms with E-state index in [0.717, 1.165) is 6.07 Å². The van der Waals surface area contributed by atoms with E-state index >= 15 is 0 Å². The predicted molar refractivity (Wildman–Crippen MR) is 86.7 cm³/mol. The maximum absolute atomic E-state index is 12.4. The highest BCUT2D eigenvalue weighted by Gasteiger charge is 2.32. The van der Waals surface area contributed by atoms with Gasteiger partial charge in [0.2, 0.25) is 0 Å². The van der Waals surface area contributed by atoms with Crippen LogP contribution in [0, 0.1) is 0 Å². The van der Waals surface area contributed by atoms with Crippen LogP contribution in [0.5, 0.6) is 5.75 Å². The number of para-hydroxylation sites is 2. The number of rotatable bonds is 4. The summed E-state index contributed by atoms with van der Waals surface area (Å²) in [6, 6.07) is 12.0. The van der Waals surface area contributed by atoms with Crippen LogP contribution in [0.15, 0.2) is 53.3 Å². The van der Waals surface area contributed by atoms with E-state index in [0.29, 0.717) is 10.9 Å². The molecule has 2 aromatic carbocycles. The van der Waals surface area contributed by atoms with Gasteiger partial charge in [0.15, 0.2) is 0 Å². The highest BCUT2D eigenvalue weighted by atomic mass is 19.4. The van der Waals surface area contributed by atoms with Crippen LogP contribution >= 0.6 is 0 Å². The Morgan fingerprint density at radius 3 is 2.58 bits per heavy atom. The molecular weight excluding hydrogens is 351 g/mol. The molecule has 0 spiro atoms. The monoisotopic (exact) mass is 363 g/mol. The lowest BCUT2D eigenvalue weighted by molar-refractivity contribution is -0.274. The first kappa shape index (κ1) is 17.5. The van der Waals surface area contributed by atoms with E-state index in [1.807, 2.05) is 0 Å². The second kappa shape index (κ2) is 6.87. The largest absolute Gasteiger partial charge is 0.573 e. The van der Waals surface area contributed by atoms with Gasteiger partial charge in [-0.05, 0) is 12.1 Å². The van der Waals surface area contributed by atoms with E-state index in [1.54, 1.807) is 24.3 Å². The fourth-order valence-electron chi connectivity index (χ4n) is 2.41. The van der Waals surface area contributed by atoms with Crippen LogP contribution < -0.4 is 15.7 Å². The average molecular weight is 363 g/mol. The lowest BCUT2D eigenvalue weighted by Gasteiger charge is -2.13. The Balaban J connectivity index is 1.84. The number of fused-ring (bicyclic) bond motifs is 1. The molecule has 0 unspecified atom stereocenters. The van der Waals surface area contributed by atoms with E-state index < -0.39 is 23.7 Å². The zero-order valence-corrected chi connectivity index (χ0v) is 13.1. The molecule has 1 amide bonds. The molecule has 134 valence electrons. The van der Waals surface area contributed by atoms with E-state index in [9.17, 15) is 22.8 Å². The molecule has 0 fully saturated rings. The summed E-state index contributed by atoms with van der Waals surface area (Å²) in [5.41, 5.74) is -0.251. The van der Waals surface area contributed by atoms with Crippen molar-refractivity contribution in [1.82, 2.24) is 15.3 Å². The second-order valence-electron chi connectivity index (χ2n) is 5.27. The summed E-state index contributed by atoms with van der Waals surface area (Å²) in [4.78, 5) is 30.2. The molecule has 3 aromatic rings. The van der Waals surface area contributed by atoms with Gasteiger partial charge in [-0.1, -0.05) is 36.4 Å². The molecule has 0 aliphatic rings. The molecule has 6 nitrogen and oxygen atoms in total. The van der Waals surface area contributed by atoms with Crippen LogP contribution in [-0.4, -0.2) is 22.2 Å². The number of carbonyl (C=O) groups is 1. The highest BCUT2D eigenvalue weighted by molar-refractivity contribution is 6.04. The van der Waals surface area contributed by atoms with Crippen LogP contribution in [0.4, 0.5) is 13.2 Å². The number of nitrogens with one attached hydrogen (secondary N) is 2. The maximum atomic E-state index is 12.4. The third-order valence-corrected chi connectivity index (χ3v) is 3.49. The zero-order valence-electron chi connectivity index (χ0n) is 13.1. The van der Waals surface area contributed by atoms with Crippen molar-refractivity contribution in [2.24, 2.45) is 0 Å². The Hall–Kier alpha value is -3.36. The maximum Gasteiger partial charge on any atom is 0.573 e. The van der Waals surface area contributed by atoms with Crippen LogP contribution in [0.1, 0.15) is 16.1 Å². The lowest BCUT2D eigenvalue weighted by Crippen LogP contribution is -2.28. The number of ether oxygens (including phenoxy) is 1. The quantitative estimate of drug-likeness (QED) is 0.747. The molecule has 26 heavy (non-hydrogen) atoms. The Kier molecular flexibility index (Phi) is 4.61. The number of hydrogen-bond acceptors (Lipinski definition) is 4. The summed E-state index contributed by atoms with van der Waals surface area (Å²) in [5.74, 6) is -1.10. The van der Waals surface area contributed by atoms with Crippen molar-refractivity contribution in [3.63, 3.8) is 0 Å². The van der Waals surface area contributed by atoms with Crippen molar-refractivity contribution in [3.05, 3.63) is 70.3 Å². The minimum Gasteiger partial charge on any atom is -0.405 e. The molecule has 9 heteroatoms. The summed E-state index contributed by atoms with van der Waals surface area (Å²) >= 11 is 0. The number of aromatic amines is 1. The summed E-state index contributed by atoms with van der Waals surface area (Å²) in [5, 5.41) is 2.88. The number of H-pyrrole nitrogens is 1. The Morgan fingerprint density at radius 2 is 1.81 bits per heavy atom. The predicted octanol–water partition coefficient (Wildman–Crippen LogP) is 2.75. The Bertz CT molecular complexity index is 1020. The normalized spacial score (nSPS) is 11.3. The van der Waals surface area contributed by atoms with Gasteiger partial charge < -0.3 is 15.0 Å². The molecule has 2 N–H and O–H groups in total. The molecule has 1 aromatic heterocycles. The number of carbonyl (C=O) groups excluding carboxylic acids is 1. The third-order valence-electron chi connectivity index (χ3n) is 3.49. The van der Waals surface area contributed by atoms with Gasteiger partial charge in [-0.3, -0.25) is 4.79 Å². The van der Waals surface area contributed by atoms with E-state index in [2.05, 4.69) is 20.0 Å². The average Bonchev–Trinajstić information content (AvgIpc) is 2.58. The van der Waals surface area contributed by atoms with Crippen molar-refractivity contribution < 1.29 is 22.7 Å². The SMILES string of the molecule is O=C(NCc1ccccc1OC(F)(F)F)c1nc(=O)[nH]c2ccccc12. The van der Waals surface area contributed by atoms with Crippen molar-refractivity contribution in [1.29, 1.82) is 0 Å². The van der Waals surface area contributed by atoms with Crippen molar-refractivity contribution >= 4 is 16.8 Å². The zero-order chi connectivity index (χ0) is 18.7. The molecule has 0 radical (unpaired) electrons. The second-order valence-corrected chi connectivity index (χ2v) is 5.27. The van der Waals surface area contributed by atoms with Crippen LogP contribution in [0.3, 0.4) is 0 Å². The molecular formula is C17H12F3N3O3. The van der Waals surface area contributed by atoms with Gasteiger partial charge in [0, 0.05) is 17.5 Å². The van der Waals surface area contributed by atoms with Crippen LogP contribution in [-0.2, 0) is 6.54 Å². The molecule has 1 heterocycles. The number of amides is 1. The minimum absolute atomic E-state index is 0.112. The Morgan fingerprint density at radius 1 is 1.12 bits per heavy atom. The van der Waals surface area contributed by atoms with Gasteiger partial charge in [-0.2, -0.15) is 4.98 Å². The lowest BCUT2D eigenvalue weighted by atomic mass is 10.1. The highest BCUT2D eigenvalue weighted by Crippen LogP contribution is 2.26. The first-order valence-electron chi connectivity index (χ1n) is 7.44. The molecule has 3 rings (SSSR count). The van der Waals surface area contributed by atoms with E-state index in [4.69, 9.17) is 0 Å². The molecule has 0 saturated carbocycles.